The van der Waals surface area contributed by atoms with E-state index in [4.69, 9.17) is 5.73 Å². The summed E-state index contributed by atoms with van der Waals surface area (Å²) in [5.74, 6) is -0.136. The maximum Gasteiger partial charge on any atom is 0.246 e. The Kier molecular flexibility index (Phi) is 5.62. The van der Waals surface area contributed by atoms with Crippen molar-refractivity contribution in [3.8, 4) is 0 Å². The fraction of sp³-hybridized carbons (Fsp3) is 0.353. The van der Waals surface area contributed by atoms with Gasteiger partial charge in [0, 0.05) is 4.88 Å². The van der Waals surface area contributed by atoms with Gasteiger partial charge in [-0.25, -0.2) is 0 Å². The topological polar surface area (TPSA) is 55.1 Å². The van der Waals surface area contributed by atoms with Gasteiger partial charge in [-0.05, 0) is 49.3 Å². The molecule has 1 aliphatic rings. The predicted molar refractivity (Wildman–Crippen MR) is 94.9 cm³/mol. The summed E-state index contributed by atoms with van der Waals surface area (Å²) in [5, 5.41) is 3.99. The van der Waals surface area contributed by atoms with Crippen LogP contribution in [0.25, 0.3) is 0 Å². The van der Waals surface area contributed by atoms with Crippen molar-refractivity contribution in [2.45, 2.75) is 38.6 Å². The number of amides is 1. The minimum absolute atomic E-state index is 0. The number of nitrogens with one attached hydrogen (secondary N) is 1. The largest absolute Gasteiger partial charge is 0.316 e. The molecule has 1 unspecified atom stereocenters. The lowest BCUT2D eigenvalue weighted by molar-refractivity contribution is -0.117. The highest BCUT2D eigenvalue weighted by atomic mass is 35.5. The second-order valence-electron chi connectivity index (χ2n) is 5.54. The Morgan fingerprint density at radius 3 is 2.59 bits per heavy atom. The molecule has 0 bridgehead atoms. The third-order valence-corrected chi connectivity index (χ3v) is 5.42. The first-order chi connectivity index (χ1) is 10.2. The van der Waals surface area contributed by atoms with Crippen LogP contribution in [0.3, 0.4) is 0 Å². The average Bonchev–Trinajstić information content (AvgIpc) is 2.84. The maximum absolute atomic E-state index is 12.3. The molecule has 1 heterocycles. The number of aryl methyl sites for hydroxylation is 1. The molecule has 3 N–H and O–H groups in total. The van der Waals surface area contributed by atoms with Crippen LogP contribution in [0.5, 0.6) is 0 Å². The van der Waals surface area contributed by atoms with Crippen molar-refractivity contribution >= 4 is 34.7 Å². The van der Waals surface area contributed by atoms with E-state index in [-0.39, 0.29) is 18.3 Å². The van der Waals surface area contributed by atoms with Gasteiger partial charge < -0.3 is 11.1 Å². The number of rotatable bonds is 3. The molecule has 0 spiro atoms. The van der Waals surface area contributed by atoms with Gasteiger partial charge in [-0.1, -0.05) is 30.3 Å². The molecule has 3 rings (SSSR count). The number of carbonyl (C=O) groups excluding carboxylic acids is 1. The number of anilines is 1. The smallest absolute Gasteiger partial charge is 0.246 e. The van der Waals surface area contributed by atoms with Crippen LogP contribution in [0, 0.1) is 6.92 Å². The van der Waals surface area contributed by atoms with E-state index < -0.39 is 6.04 Å². The van der Waals surface area contributed by atoms with Crippen LogP contribution in [0.4, 0.5) is 5.00 Å². The Bertz CT molecular complexity index is 654. The molecule has 3 nitrogen and oxygen atoms in total. The van der Waals surface area contributed by atoms with E-state index in [0.717, 1.165) is 23.4 Å². The van der Waals surface area contributed by atoms with Crippen molar-refractivity contribution < 1.29 is 4.79 Å². The van der Waals surface area contributed by atoms with Gasteiger partial charge in [-0.15, -0.1) is 23.7 Å². The number of thiophene rings is 1. The zero-order valence-corrected chi connectivity index (χ0v) is 14.2. The molecule has 0 saturated heterocycles. The summed E-state index contributed by atoms with van der Waals surface area (Å²) < 4.78 is 0. The summed E-state index contributed by atoms with van der Waals surface area (Å²) in [6.45, 7) is 2.10. The molecule has 1 amide bonds. The fourth-order valence-electron chi connectivity index (χ4n) is 2.84. The summed E-state index contributed by atoms with van der Waals surface area (Å²) in [4.78, 5) is 13.8. The molecule has 0 aliphatic heterocycles. The second kappa shape index (κ2) is 7.27. The van der Waals surface area contributed by atoms with Crippen molar-refractivity contribution in [2.24, 2.45) is 5.73 Å². The molecule has 5 heteroatoms. The van der Waals surface area contributed by atoms with E-state index in [1.807, 2.05) is 30.3 Å². The number of halogens is 1. The van der Waals surface area contributed by atoms with Gasteiger partial charge in [0.1, 0.15) is 6.04 Å². The summed E-state index contributed by atoms with van der Waals surface area (Å²) in [6, 6.07) is 8.87. The maximum atomic E-state index is 12.3. The Hall–Kier alpha value is -1.36. The standard InChI is InChI=1S/C17H20N2OS.ClH/c1-11-13-9-5-6-10-14(13)21-17(11)19-16(20)15(18)12-7-3-2-4-8-12;/h2-4,7-8,15H,5-6,9-10,18H2,1H3,(H,19,20);1H. The van der Waals surface area contributed by atoms with E-state index in [2.05, 4.69) is 12.2 Å². The van der Waals surface area contributed by atoms with E-state index >= 15 is 0 Å². The SMILES string of the molecule is Cc1c(NC(=O)C(N)c2ccccc2)sc2c1CCCC2.Cl. The molecule has 1 atom stereocenters. The van der Waals surface area contributed by atoms with Crippen LogP contribution in [-0.2, 0) is 17.6 Å². The van der Waals surface area contributed by atoms with Crippen molar-refractivity contribution in [3.05, 3.63) is 51.9 Å². The van der Waals surface area contributed by atoms with Crippen LogP contribution < -0.4 is 11.1 Å². The molecule has 1 aromatic heterocycles. The highest BCUT2D eigenvalue weighted by Gasteiger charge is 2.21. The molecule has 1 aromatic carbocycles. The lowest BCUT2D eigenvalue weighted by atomic mass is 9.96. The quantitative estimate of drug-likeness (QED) is 0.890. The van der Waals surface area contributed by atoms with E-state index in [1.165, 1.54) is 28.8 Å². The summed E-state index contributed by atoms with van der Waals surface area (Å²) >= 11 is 1.72. The van der Waals surface area contributed by atoms with E-state index in [9.17, 15) is 4.79 Å². The molecule has 0 saturated carbocycles. The third-order valence-electron chi connectivity index (χ3n) is 4.11. The minimum Gasteiger partial charge on any atom is -0.316 e. The van der Waals surface area contributed by atoms with Crippen LogP contribution in [0.15, 0.2) is 30.3 Å². The van der Waals surface area contributed by atoms with Gasteiger partial charge in [0.15, 0.2) is 0 Å². The van der Waals surface area contributed by atoms with E-state index in [1.54, 1.807) is 11.3 Å². The van der Waals surface area contributed by atoms with Crippen LogP contribution in [-0.4, -0.2) is 5.91 Å². The molecular weight excluding hydrogens is 316 g/mol. The van der Waals surface area contributed by atoms with Crippen molar-refractivity contribution in [1.82, 2.24) is 0 Å². The molecule has 1 aliphatic carbocycles. The van der Waals surface area contributed by atoms with Crippen LogP contribution >= 0.6 is 23.7 Å². The molecule has 22 heavy (non-hydrogen) atoms. The number of hydrogen-bond acceptors (Lipinski definition) is 3. The lowest BCUT2D eigenvalue weighted by Crippen LogP contribution is -2.27. The van der Waals surface area contributed by atoms with Crippen molar-refractivity contribution in [3.63, 3.8) is 0 Å². The molecule has 0 radical (unpaired) electrons. The molecular formula is C17H21ClN2OS. The van der Waals surface area contributed by atoms with Gasteiger partial charge in [0.05, 0.1) is 5.00 Å². The molecule has 118 valence electrons. The average molecular weight is 337 g/mol. The first-order valence-electron chi connectivity index (χ1n) is 7.39. The lowest BCUT2D eigenvalue weighted by Gasteiger charge is -2.12. The number of nitrogens with two attached hydrogens (primary N) is 1. The first kappa shape index (κ1) is 17.0. The Labute approximate surface area is 141 Å². The zero-order valence-electron chi connectivity index (χ0n) is 12.6. The van der Waals surface area contributed by atoms with Gasteiger partial charge >= 0.3 is 0 Å². The Morgan fingerprint density at radius 1 is 1.23 bits per heavy atom. The monoisotopic (exact) mass is 336 g/mol. The van der Waals surface area contributed by atoms with Gasteiger partial charge in [0.2, 0.25) is 5.91 Å². The highest BCUT2D eigenvalue weighted by molar-refractivity contribution is 7.16. The summed E-state index contributed by atoms with van der Waals surface area (Å²) in [5.41, 5.74) is 9.56. The number of fused-ring (bicyclic) bond motifs is 1. The van der Waals surface area contributed by atoms with Crippen LogP contribution in [0.1, 0.15) is 40.5 Å². The number of carbonyl (C=O) groups is 1. The van der Waals surface area contributed by atoms with Crippen molar-refractivity contribution in [1.29, 1.82) is 0 Å². The summed E-state index contributed by atoms with van der Waals surface area (Å²) in [7, 11) is 0. The van der Waals surface area contributed by atoms with Gasteiger partial charge in [-0.3, -0.25) is 4.79 Å². The fourth-order valence-corrected chi connectivity index (χ4v) is 4.14. The Morgan fingerprint density at radius 2 is 1.91 bits per heavy atom. The first-order valence-corrected chi connectivity index (χ1v) is 8.21. The highest BCUT2D eigenvalue weighted by Crippen LogP contribution is 2.37. The third kappa shape index (κ3) is 3.35. The normalized spacial score (nSPS) is 14.6. The van der Waals surface area contributed by atoms with E-state index in [0.29, 0.717) is 0 Å². The second-order valence-corrected chi connectivity index (χ2v) is 6.65. The zero-order chi connectivity index (χ0) is 14.8. The molecule has 2 aromatic rings. The van der Waals surface area contributed by atoms with Crippen molar-refractivity contribution in [2.75, 3.05) is 5.32 Å². The Balaban J connectivity index is 0.00000176. The van der Waals surface area contributed by atoms with Crippen LogP contribution in [0.2, 0.25) is 0 Å². The van der Waals surface area contributed by atoms with Gasteiger partial charge in [-0.2, -0.15) is 0 Å². The number of benzene rings is 1. The minimum atomic E-state index is -0.621. The summed E-state index contributed by atoms with van der Waals surface area (Å²) in [6.07, 6.45) is 4.78. The predicted octanol–water partition coefficient (Wildman–Crippen LogP) is 4.00. The van der Waals surface area contributed by atoms with Gasteiger partial charge in [0.25, 0.3) is 0 Å². The number of hydrogen-bond donors (Lipinski definition) is 2. The molecule has 0 fully saturated rings.